The number of nitrogens with zero attached hydrogens (tertiary/aromatic N) is 1. The summed E-state index contributed by atoms with van der Waals surface area (Å²) in [6.07, 6.45) is 0. The van der Waals surface area contributed by atoms with Gasteiger partial charge in [-0.1, -0.05) is 30.3 Å². The van der Waals surface area contributed by atoms with Crippen LogP contribution in [0.3, 0.4) is 0 Å². The summed E-state index contributed by atoms with van der Waals surface area (Å²) >= 11 is 1.34. The van der Waals surface area contributed by atoms with E-state index in [2.05, 4.69) is 10.6 Å². The van der Waals surface area contributed by atoms with Crippen molar-refractivity contribution in [3.63, 3.8) is 0 Å². The molecule has 7 nitrogen and oxygen atoms in total. The second-order valence-corrected chi connectivity index (χ2v) is 7.49. The lowest BCUT2D eigenvalue weighted by Gasteiger charge is -2.09. The summed E-state index contributed by atoms with van der Waals surface area (Å²) in [5.41, 5.74) is 2.35. The molecular weight excluding hydrogens is 402 g/mol. The van der Waals surface area contributed by atoms with Crippen LogP contribution in [0.25, 0.3) is 0 Å². The van der Waals surface area contributed by atoms with E-state index in [1.54, 1.807) is 18.2 Å². The van der Waals surface area contributed by atoms with Crippen LogP contribution in [0, 0.1) is 17.0 Å². The average Bonchev–Trinajstić information content (AvgIpc) is 2.74. The third-order valence-corrected chi connectivity index (χ3v) is 5.19. The molecule has 30 heavy (non-hydrogen) atoms. The lowest BCUT2D eigenvalue weighted by molar-refractivity contribution is -0.384. The second-order valence-electron chi connectivity index (χ2n) is 6.44. The van der Waals surface area contributed by atoms with Crippen molar-refractivity contribution >= 4 is 40.6 Å². The first-order chi connectivity index (χ1) is 14.4. The molecule has 0 radical (unpaired) electrons. The number of hydrogen-bond acceptors (Lipinski definition) is 5. The van der Waals surface area contributed by atoms with E-state index < -0.39 is 10.8 Å². The number of nitrogens with one attached hydrogen (secondary N) is 2. The summed E-state index contributed by atoms with van der Waals surface area (Å²) in [7, 11) is 0. The monoisotopic (exact) mass is 421 g/mol. The number of para-hydroxylation sites is 1. The molecule has 8 heteroatoms. The van der Waals surface area contributed by atoms with Crippen LogP contribution >= 0.6 is 11.8 Å². The van der Waals surface area contributed by atoms with Crippen molar-refractivity contribution in [3.8, 4) is 0 Å². The summed E-state index contributed by atoms with van der Waals surface area (Å²) in [5, 5.41) is 16.5. The Kier molecular flexibility index (Phi) is 6.82. The largest absolute Gasteiger partial charge is 0.325 e. The minimum atomic E-state index is -0.546. The molecule has 2 amide bonds. The molecule has 0 aromatic heterocycles. The summed E-state index contributed by atoms with van der Waals surface area (Å²) in [5.74, 6) is -0.352. The molecule has 0 fully saturated rings. The molecule has 0 bridgehead atoms. The fourth-order valence-electron chi connectivity index (χ4n) is 2.68. The maximum Gasteiger partial charge on any atom is 0.270 e. The molecular formula is C22H19N3O4S. The molecule has 3 aromatic rings. The third-order valence-electron chi connectivity index (χ3n) is 4.20. The van der Waals surface area contributed by atoms with Gasteiger partial charge in [-0.2, -0.15) is 0 Å². The fraction of sp³-hybridized carbons (Fsp3) is 0.0909. The molecule has 0 heterocycles. The Hall–Kier alpha value is -3.65. The van der Waals surface area contributed by atoms with Gasteiger partial charge in [0, 0.05) is 34.0 Å². The molecule has 0 atom stereocenters. The number of hydrogen-bond donors (Lipinski definition) is 2. The first-order valence-electron chi connectivity index (χ1n) is 9.06. The van der Waals surface area contributed by atoms with Crippen molar-refractivity contribution in [2.24, 2.45) is 0 Å². The number of carbonyl (C=O) groups is 2. The van der Waals surface area contributed by atoms with Crippen molar-refractivity contribution in [2.45, 2.75) is 11.8 Å². The Labute approximate surface area is 177 Å². The van der Waals surface area contributed by atoms with Gasteiger partial charge in [-0.15, -0.1) is 11.8 Å². The molecule has 3 aromatic carbocycles. The van der Waals surface area contributed by atoms with E-state index in [9.17, 15) is 19.7 Å². The van der Waals surface area contributed by atoms with Gasteiger partial charge < -0.3 is 10.6 Å². The van der Waals surface area contributed by atoms with Crippen molar-refractivity contribution in [1.82, 2.24) is 0 Å². The van der Waals surface area contributed by atoms with Crippen molar-refractivity contribution in [1.29, 1.82) is 0 Å². The van der Waals surface area contributed by atoms with Gasteiger partial charge in [0.2, 0.25) is 5.91 Å². The zero-order valence-corrected chi connectivity index (χ0v) is 16.9. The van der Waals surface area contributed by atoms with Gasteiger partial charge in [0.15, 0.2) is 0 Å². The smallest absolute Gasteiger partial charge is 0.270 e. The van der Waals surface area contributed by atoms with Crippen LogP contribution < -0.4 is 10.6 Å². The van der Waals surface area contributed by atoms with E-state index in [-0.39, 0.29) is 22.9 Å². The number of aryl methyl sites for hydroxylation is 1. The number of amides is 2. The number of benzene rings is 3. The normalized spacial score (nSPS) is 10.3. The highest BCUT2D eigenvalue weighted by Crippen LogP contribution is 2.23. The number of anilines is 2. The summed E-state index contributed by atoms with van der Waals surface area (Å²) in [4.78, 5) is 35.8. The number of non-ortho nitro benzene ring substituents is 1. The minimum Gasteiger partial charge on any atom is -0.325 e. The van der Waals surface area contributed by atoms with Gasteiger partial charge in [0.05, 0.1) is 10.7 Å². The lowest BCUT2D eigenvalue weighted by atomic mass is 10.2. The number of carbonyl (C=O) groups excluding carboxylic acids is 2. The Morgan fingerprint density at radius 2 is 1.73 bits per heavy atom. The summed E-state index contributed by atoms with van der Waals surface area (Å²) in [6, 6.07) is 20.2. The summed E-state index contributed by atoms with van der Waals surface area (Å²) < 4.78 is 0. The highest BCUT2D eigenvalue weighted by molar-refractivity contribution is 8.00. The molecule has 0 saturated heterocycles. The van der Waals surface area contributed by atoms with Gasteiger partial charge in [0.1, 0.15) is 0 Å². The third kappa shape index (κ3) is 5.68. The fourth-order valence-corrected chi connectivity index (χ4v) is 3.43. The number of rotatable bonds is 7. The first-order valence-corrected chi connectivity index (χ1v) is 10.0. The lowest BCUT2D eigenvalue weighted by Crippen LogP contribution is -2.14. The van der Waals surface area contributed by atoms with Gasteiger partial charge in [-0.25, -0.2) is 0 Å². The van der Waals surface area contributed by atoms with Crippen LogP contribution in [0.5, 0.6) is 0 Å². The van der Waals surface area contributed by atoms with Crippen LogP contribution in [0.1, 0.15) is 15.9 Å². The maximum absolute atomic E-state index is 12.4. The highest BCUT2D eigenvalue weighted by atomic mass is 32.2. The van der Waals surface area contributed by atoms with Crippen LogP contribution in [-0.4, -0.2) is 22.5 Å². The average molecular weight is 421 g/mol. The SMILES string of the molecule is Cc1ccccc1NC(=O)CSc1cccc(NC(=O)c2cccc([N+](=O)[O-])c2)c1. The molecule has 0 saturated carbocycles. The number of nitro groups is 1. The molecule has 3 rings (SSSR count). The Morgan fingerprint density at radius 3 is 2.50 bits per heavy atom. The van der Waals surface area contributed by atoms with E-state index in [4.69, 9.17) is 0 Å². The quantitative estimate of drug-likeness (QED) is 0.321. The molecule has 2 N–H and O–H groups in total. The zero-order chi connectivity index (χ0) is 21.5. The molecule has 152 valence electrons. The Balaban J connectivity index is 1.60. The van der Waals surface area contributed by atoms with Crippen molar-refractivity contribution < 1.29 is 14.5 Å². The van der Waals surface area contributed by atoms with E-state index in [0.717, 1.165) is 16.1 Å². The van der Waals surface area contributed by atoms with Gasteiger partial charge >= 0.3 is 0 Å². The van der Waals surface area contributed by atoms with E-state index in [0.29, 0.717) is 5.69 Å². The second kappa shape index (κ2) is 9.71. The standard InChI is InChI=1S/C22H19N3O4S/c1-15-6-2-3-11-20(15)24-21(26)14-30-19-10-5-8-17(13-19)23-22(27)16-7-4-9-18(12-16)25(28)29/h2-13H,14H2,1H3,(H,23,27)(H,24,26). The predicted molar refractivity (Wildman–Crippen MR) is 118 cm³/mol. The highest BCUT2D eigenvalue weighted by Gasteiger charge is 2.12. The molecule has 0 aliphatic carbocycles. The first kappa shape index (κ1) is 21.1. The maximum atomic E-state index is 12.4. The molecule has 0 aliphatic rings. The van der Waals surface area contributed by atoms with E-state index in [1.165, 1.54) is 36.0 Å². The molecule has 0 unspecified atom stereocenters. The molecule has 0 aliphatic heterocycles. The van der Waals surface area contributed by atoms with Crippen LogP contribution in [0.2, 0.25) is 0 Å². The molecule has 0 spiro atoms. The van der Waals surface area contributed by atoms with Gasteiger partial charge in [-0.05, 0) is 42.8 Å². The van der Waals surface area contributed by atoms with Crippen molar-refractivity contribution in [2.75, 3.05) is 16.4 Å². The van der Waals surface area contributed by atoms with E-state index >= 15 is 0 Å². The predicted octanol–water partition coefficient (Wildman–Crippen LogP) is 4.89. The van der Waals surface area contributed by atoms with Gasteiger partial charge in [-0.3, -0.25) is 19.7 Å². The topological polar surface area (TPSA) is 101 Å². The zero-order valence-electron chi connectivity index (χ0n) is 16.1. The minimum absolute atomic E-state index is 0.125. The Morgan fingerprint density at radius 1 is 0.967 bits per heavy atom. The van der Waals surface area contributed by atoms with Crippen molar-refractivity contribution in [3.05, 3.63) is 94.0 Å². The van der Waals surface area contributed by atoms with Crippen LogP contribution in [-0.2, 0) is 4.79 Å². The van der Waals surface area contributed by atoms with Gasteiger partial charge in [0.25, 0.3) is 11.6 Å². The summed E-state index contributed by atoms with van der Waals surface area (Å²) in [6.45, 7) is 1.93. The number of nitro benzene ring substituents is 1. The van der Waals surface area contributed by atoms with E-state index in [1.807, 2.05) is 37.3 Å². The van der Waals surface area contributed by atoms with Crippen LogP contribution in [0.4, 0.5) is 17.1 Å². The van der Waals surface area contributed by atoms with Crippen LogP contribution in [0.15, 0.2) is 77.7 Å². The number of thioether (sulfide) groups is 1. The Bertz CT molecular complexity index is 1100.